The van der Waals surface area contributed by atoms with Gasteiger partial charge in [0.1, 0.15) is 0 Å². The van der Waals surface area contributed by atoms with E-state index in [4.69, 9.17) is 9.16 Å². The minimum absolute atomic E-state index is 0.639. The molecule has 0 aromatic rings. The lowest BCUT2D eigenvalue weighted by molar-refractivity contribution is 0.112. The van der Waals surface area contributed by atoms with Gasteiger partial charge in [0.15, 0.2) is 0 Å². The van der Waals surface area contributed by atoms with E-state index in [1.54, 1.807) is 0 Å². The number of hydrogen-bond donors (Lipinski definition) is 0. The summed E-state index contributed by atoms with van der Waals surface area (Å²) < 4.78 is 11.0. The maximum Gasteiger partial charge on any atom is 0.265 e. The Hall–Kier alpha value is -0.703. The summed E-state index contributed by atoms with van der Waals surface area (Å²) in [5.74, 6) is 0.639. The third-order valence-electron chi connectivity index (χ3n) is 1.12. The smallest absolute Gasteiger partial charge is 0.265 e. The second-order valence-corrected chi connectivity index (χ2v) is 8.09. The Morgan fingerprint density at radius 1 is 1.31 bits per heavy atom. The lowest BCUT2D eigenvalue weighted by Crippen LogP contribution is -2.25. The SMILES string of the molecule is C/C=C/C=C(/OCC)O[Si](C)(C)C. The van der Waals surface area contributed by atoms with Crippen LogP contribution in [0.5, 0.6) is 0 Å². The highest BCUT2D eigenvalue weighted by Crippen LogP contribution is 2.11. The van der Waals surface area contributed by atoms with Crippen molar-refractivity contribution in [2.75, 3.05) is 6.61 Å². The van der Waals surface area contributed by atoms with E-state index >= 15 is 0 Å². The molecule has 0 saturated heterocycles. The van der Waals surface area contributed by atoms with Crippen molar-refractivity contribution in [2.45, 2.75) is 33.5 Å². The van der Waals surface area contributed by atoms with Crippen LogP contribution in [-0.2, 0) is 9.16 Å². The summed E-state index contributed by atoms with van der Waals surface area (Å²) in [6.07, 6.45) is 5.74. The molecule has 0 aliphatic rings. The predicted octanol–water partition coefficient (Wildman–Crippen LogP) is 3.29. The molecule has 0 atom stereocenters. The minimum atomic E-state index is -1.53. The van der Waals surface area contributed by atoms with E-state index < -0.39 is 8.32 Å². The van der Waals surface area contributed by atoms with Gasteiger partial charge in [0, 0.05) is 6.08 Å². The van der Waals surface area contributed by atoms with Crippen LogP contribution in [-0.4, -0.2) is 14.9 Å². The molecule has 0 aliphatic heterocycles. The fourth-order valence-electron chi connectivity index (χ4n) is 0.730. The molecule has 0 bridgehead atoms. The molecule has 0 saturated carbocycles. The largest absolute Gasteiger partial charge is 0.520 e. The van der Waals surface area contributed by atoms with Gasteiger partial charge in [-0.3, -0.25) is 0 Å². The van der Waals surface area contributed by atoms with E-state index in [1.165, 1.54) is 0 Å². The van der Waals surface area contributed by atoms with Gasteiger partial charge >= 0.3 is 0 Å². The molecular formula is C10H20O2Si. The van der Waals surface area contributed by atoms with Crippen molar-refractivity contribution in [1.82, 2.24) is 0 Å². The first-order chi connectivity index (χ1) is 5.99. The molecule has 0 aromatic heterocycles. The van der Waals surface area contributed by atoms with Gasteiger partial charge in [-0.15, -0.1) is 0 Å². The fourth-order valence-corrected chi connectivity index (χ4v) is 1.46. The molecule has 0 N–H and O–H groups in total. The Labute approximate surface area is 82.4 Å². The Kier molecular flexibility index (Phi) is 5.54. The number of ether oxygens (including phenoxy) is 1. The predicted molar refractivity (Wildman–Crippen MR) is 59.0 cm³/mol. The summed E-state index contributed by atoms with van der Waals surface area (Å²) in [6.45, 7) is 11.0. The van der Waals surface area contributed by atoms with Gasteiger partial charge in [0.05, 0.1) is 6.61 Å². The minimum Gasteiger partial charge on any atom is -0.520 e. The zero-order chi connectivity index (χ0) is 10.3. The van der Waals surface area contributed by atoms with Gasteiger partial charge < -0.3 is 9.16 Å². The van der Waals surface area contributed by atoms with Crippen molar-refractivity contribution in [3.63, 3.8) is 0 Å². The van der Waals surface area contributed by atoms with Gasteiger partial charge in [-0.2, -0.15) is 0 Å². The highest BCUT2D eigenvalue weighted by atomic mass is 28.4. The lowest BCUT2D eigenvalue weighted by atomic mass is 10.5. The molecule has 0 aromatic carbocycles. The molecule has 0 fully saturated rings. The first kappa shape index (κ1) is 12.3. The average Bonchev–Trinajstić information content (AvgIpc) is 1.98. The molecular weight excluding hydrogens is 180 g/mol. The number of hydrogen-bond acceptors (Lipinski definition) is 2. The van der Waals surface area contributed by atoms with Crippen LogP contribution < -0.4 is 0 Å². The normalized spacial score (nSPS) is 13.5. The molecule has 0 rings (SSSR count). The van der Waals surface area contributed by atoms with Crippen LogP contribution in [0, 0.1) is 0 Å². The molecule has 0 radical (unpaired) electrons. The highest BCUT2D eigenvalue weighted by Gasteiger charge is 2.17. The average molecular weight is 200 g/mol. The second kappa shape index (κ2) is 5.86. The quantitative estimate of drug-likeness (QED) is 0.385. The van der Waals surface area contributed by atoms with E-state index in [0.29, 0.717) is 12.6 Å². The number of rotatable bonds is 5. The van der Waals surface area contributed by atoms with E-state index in [1.807, 2.05) is 32.1 Å². The van der Waals surface area contributed by atoms with Crippen molar-refractivity contribution in [3.8, 4) is 0 Å². The fraction of sp³-hybridized carbons (Fsp3) is 0.600. The molecule has 0 amide bonds. The van der Waals surface area contributed by atoms with E-state index in [9.17, 15) is 0 Å². The summed E-state index contributed by atoms with van der Waals surface area (Å²) >= 11 is 0. The first-order valence-corrected chi connectivity index (χ1v) is 8.05. The Morgan fingerprint density at radius 2 is 1.92 bits per heavy atom. The summed E-state index contributed by atoms with van der Waals surface area (Å²) in [5, 5.41) is 0. The summed E-state index contributed by atoms with van der Waals surface area (Å²) in [4.78, 5) is 0. The zero-order valence-corrected chi connectivity index (χ0v) is 10.3. The van der Waals surface area contributed by atoms with Crippen LogP contribution in [0.1, 0.15) is 13.8 Å². The van der Waals surface area contributed by atoms with Crippen LogP contribution in [0.15, 0.2) is 24.2 Å². The Morgan fingerprint density at radius 3 is 2.31 bits per heavy atom. The van der Waals surface area contributed by atoms with Crippen molar-refractivity contribution in [2.24, 2.45) is 0 Å². The first-order valence-electron chi connectivity index (χ1n) is 4.64. The monoisotopic (exact) mass is 200 g/mol. The topological polar surface area (TPSA) is 18.5 Å². The van der Waals surface area contributed by atoms with Crippen molar-refractivity contribution in [3.05, 3.63) is 24.2 Å². The van der Waals surface area contributed by atoms with Gasteiger partial charge in [0.2, 0.25) is 8.32 Å². The molecule has 0 heterocycles. The van der Waals surface area contributed by atoms with Gasteiger partial charge in [-0.1, -0.05) is 12.2 Å². The molecule has 13 heavy (non-hydrogen) atoms. The van der Waals surface area contributed by atoms with E-state index in [2.05, 4.69) is 19.6 Å². The van der Waals surface area contributed by atoms with Gasteiger partial charge in [-0.05, 0) is 33.5 Å². The maximum absolute atomic E-state index is 5.71. The van der Waals surface area contributed by atoms with Gasteiger partial charge in [-0.25, -0.2) is 0 Å². The van der Waals surface area contributed by atoms with Crippen molar-refractivity contribution < 1.29 is 9.16 Å². The number of allylic oxidation sites excluding steroid dienone is 3. The Bertz CT molecular complexity index is 190. The Balaban J connectivity index is 4.25. The van der Waals surface area contributed by atoms with Crippen LogP contribution in [0.2, 0.25) is 19.6 Å². The third kappa shape index (κ3) is 7.65. The lowest BCUT2D eigenvalue weighted by Gasteiger charge is -2.20. The zero-order valence-electron chi connectivity index (χ0n) is 9.26. The molecule has 76 valence electrons. The molecule has 0 aliphatic carbocycles. The van der Waals surface area contributed by atoms with Crippen molar-refractivity contribution >= 4 is 8.32 Å². The molecule has 0 unspecified atom stereocenters. The van der Waals surface area contributed by atoms with E-state index in [-0.39, 0.29) is 0 Å². The molecule has 2 nitrogen and oxygen atoms in total. The van der Waals surface area contributed by atoms with Crippen LogP contribution >= 0.6 is 0 Å². The van der Waals surface area contributed by atoms with E-state index in [0.717, 1.165) is 0 Å². The molecule has 3 heteroatoms. The van der Waals surface area contributed by atoms with Gasteiger partial charge in [0.25, 0.3) is 5.95 Å². The van der Waals surface area contributed by atoms with Crippen LogP contribution in [0.4, 0.5) is 0 Å². The summed E-state index contributed by atoms with van der Waals surface area (Å²) in [7, 11) is -1.53. The second-order valence-electron chi connectivity index (χ2n) is 3.66. The summed E-state index contributed by atoms with van der Waals surface area (Å²) in [5.41, 5.74) is 0. The highest BCUT2D eigenvalue weighted by molar-refractivity contribution is 6.69. The maximum atomic E-state index is 5.71. The van der Waals surface area contributed by atoms with Crippen LogP contribution in [0.25, 0.3) is 0 Å². The van der Waals surface area contributed by atoms with Crippen LogP contribution in [0.3, 0.4) is 0 Å². The van der Waals surface area contributed by atoms with Crippen molar-refractivity contribution in [1.29, 1.82) is 0 Å². The third-order valence-corrected chi connectivity index (χ3v) is 1.93. The molecule has 0 spiro atoms. The standard InChI is InChI=1S/C10H20O2Si/c1-6-8-9-10(11-7-2)12-13(3,4)5/h6,8-9H,7H2,1-5H3/b8-6+,10-9-. The summed E-state index contributed by atoms with van der Waals surface area (Å²) in [6, 6.07) is 0.